The molecule has 0 aromatic carbocycles. The first-order chi connectivity index (χ1) is 42.2. The number of carboxylic acids is 5. The van der Waals surface area contributed by atoms with Crippen molar-refractivity contribution >= 4 is 112 Å². The predicted molar refractivity (Wildman–Crippen MR) is 319 cm³/mol. The summed E-state index contributed by atoms with van der Waals surface area (Å²) in [7, 11) is 1.44. The Hall–Kier alpha value is -7.74. The van der Waals surface area contributed by atoms with Crippen LogP contribution in [0.4, 0.5) is 0 Å². The molecule has 0 spiro atoms. The first-order valence-corrected chi connectivity index (χ1v) is 31.1. The van der Waals surface area contributed by atoms with Gasteiger partial charge in [0.25, 0.3) is 0 Å². The van der Waals surface area contributed by atoms with Crippen molar-refractivity contribution in [1.82, 2.24) is 36.8 Å². The molecule has 1 aliphatic rings. The van der Waals surface area contributed by atoms with Crippen LogP contribution < -0.4 is 37.6 Å². The van der Waals surface area contributed by atoms with E-state index in [1.165, 1.54) is 30.6 Å². The molecule has 90 heavy (non-hydrogen) atoms. The van der Waals surface area contributed by atoms with Gasteiger partial charge in [0.1, 0.15) is 24.5 Å². The molecule has 0 saturated carbocycles. The molecule has 1 fully saturated rings. The largest absolute Gasteiger partial charge is 0.481 e. The van der Waals surface area contributed by atoms with Crippen LogP contribution in [0.5, 0.6) is 0 Å². The summed E-state index contributed by atoms with van der Waals surface area (Å²) in [5, 5.41) is 61.7. The lowest BCUT2D eigenvalue weighted by Crippen LogP contribution is -2.54. The first kappa shape index (κ1) is 80.3. The summed E-state index contributed by atoms with van der Waals surface area (Å²) in [5.74, 6) is -19.7. The Bertz CT molecular complexity index is 2570. The monoisotopic (exact) mass is 1300 g/mol. The Morgan fingerprint density at radius 1 is 0.556 bits per heavy atom. The van der Waals surface area contributed by atoms with Crippen molar-refractivity contribution in [2.24, 2.45) is 35.3 Å². The van der Waals surface area contributed by atoms with E-state index in [0.29, 0.717) is 6.42 Å². The van der Waals surface area contributed by atoms with E-state index in [4.69, 9.17) is 15.6 Å². The lowest BCUT2D eigenvalue weighted by atomic mass is 9.89. The molecule has 32 heteroatoms. The summed E-state index contributed by atoms with van der Waals surface area (Å²) < 4.78 is 5.55. The van der Waals surface area contributed by atoms with Gasteiger partial charge in [0.15, 0.2) is 23.1 Å². The Balaban J connectivity index is 3.08. The van der Waals surface area contributed by atoms with E-state index in [9.17, 15) is 102 Å². The van der Waals surface area contributed by atoms with Gasteiger partial charge in [0.2, 0.25) is 41.4 Å². The second-order valence-corrected chi connectivity index (χ2v) is 23.6. The maximum Gasteiger partial charge on any atom is 0.303 e. The van der Waals surface area contributed by atoms with Gasteiger partial charge in [-0.1, -0.05) is 20.8 Å². The highest BCUT2D eigenvalue weighted by atomic mass is 32.2. The third kappa shape index (κ3) is 32.1. The smallest absolute Gasteiger partial charge is 0.303 e. The molecule has 0 aliphatic carbocycles. The van der Waals surface area contributed by atoms with Crippen molar-refractivity contribution in [2.45, 2.75) is 186 Å². The molecule has 506 valence electrons. The van der Waals surface area contributed by atoms with E-state index in [1.54, 1.807) is 27.0 Å². The first-order valence-electron chi connectivity index (χ1n) is 29.7. The zero-order chi connectivity index (χ0) is 68.4. The molecule has 7 amide bonds. The molecule has 1 heterocycles. The number of Topliss-reactive ketones (excluding diaryl/α,β-unsaturated/α-hetero) is 5. The van der Waals surface area contributed by atoms with E-state index < -0.39 is 232 Å². The molecular weight excluding hydrogens is 1210 g/mol. The number of rotatable bonds is 49. The highest BCUT2D eigenvalue weighted by molar-refractivity contribution is 7.98. The number of ether oxygens (including phenoxy) is 1. The number of likely N-dealkylation sites (tertiary alicyclic amines) is 1. The number of nitrogens with one attached hydrogen (secondary N) is 6. The van der Waals surface area contributed by atoms with Gasteiger partial charge in [-0.2, -0.15) is 11.8 Å². The van der Waals surface area contributed by atoms with Crippen molar-refractivity contribution in [1.29, 1.82) is 0 Å². The van der Waals surface area contributed by atoms with E-state index in [-0.39, 0.29) is 81.5 Å². The summed E-state index contributed by atoms with van der Waals surface area (Å²) >= 11 is 1.29. The van der Waals surface area contributed by atoms with Crippen molar-refractivity contribution in [3.05, 3.63) is 0 Å². The number of thioether (sulfide) groups is 1. The van der Waals surface area contributed by atoms with Gasteiger partial charge in [-0.15, -0.1) is 0 Å². The Morgan fingerprint density at radius 3 is 1.57 bits per heavy atom. The van der Waals surface area contributed by atoms with E-state index in [1.807, 2.05) is 0 Å². The fourth-order valence-corrected chi connectivity index (χ4v) is 10.3. The second-order valence-electron chi connectivity index (χ2n) is 22.7. The molecule has 13 N–H and O–H groups in total. The van der Waals surface area contributed by atoms with Crippen LogP contribution in [0.2, 0.25) is 0 Å². The number of nitrogens with zero attached hydrogens (tertiary/aromatic N) is 1. The SMILES string of the molecule is CNC(=O)[C@H](C)CC(=O)[C@H](C)NC(=O)[C@H](CSC)CC(=O)CNC(=O)[C@H](CC(C)C)NC(=O)[C@@H]1CCCN1C(=O)COCCCC(=O)[C@@H](CCC(=O)O)NC(=O)[C@@H](CCC(=O)O)CC(=O)[C@@H](CCC(=O)O)NC(=O)[C@@H](CCC(=O)O)CC(=O)[C@H](N)CCC(=O)O. The average Bonchev–Trinajstić information content (AvgIpc) is 4.20. The molecule has 0 aromatic rings. The lowest BCUT2D eigenvalue weighted by molar-refractivity contribution is -0.143. The van der Waals surface area contributed by atoms with Crippen LogP contribution in [0.1, 0.15) is 150 Å². The van der Waals surface area contributed by atoms with Crippen molar-refractivity contribution in [3.63, 3.8) is 0 Å². The molecule has 31 nitrogen and oxygen atoms in total. The van der Waals surface area contributed by atoms with Gasteiger partial charge in [0, 0.05) is 108 Å². The van der Waals surface area contributed by atoms with Crippen molar-refractivity contribution in [2.75, 3.05) is 45.4 Å². The molecule has 0 bridgehead atoms. The predicted octanol–water partition coefficient (Wildman–Crippen LogP) is -0.454. The van der Waals surface area contributed by atoms with Crippen LogP contribution >= 0.6 is 11.8 Å². The van der Waals surface area contributed by atoms with Crippen molar-refractivity contribution in [3.8, 4) is 0 Å². The summed E-state index contributed by atoms with van der Waals surface area (Å²) in [5.41, 5.74) is 5.80. The van der Waals surface area contributed by atoms with E-state index in [2.05, 4.69) is 31.9 Å². The molecule has 1 aliphatic heterocycles. The Morgan fingerprint density at radius 2 is 1.06 bits per heavy atom. The molecule has 0 unspecified atom stereocenters. The second kappa shape index (κ2) is 42.3. The summed E-state index contributed by atoms with van der Waals surface area (Å²) in [6.45, 7) is 5.52. The maximum atomic E-state index is 13.9. The van der Waals surface area contributed by atoms with Crippen LogP contribution in [-0.4, -0.2) is 212 Å². The third-order valence-electron chi connectivity index (χ3n) is 14.7. The fourth-order valence-electron chi connectivity index (χ4n) is 9.60. The van der Waals surface area contributed by atoms with Crippen LogP contribution in [0.25, 0.3) is 0 Å². The zero-order valence-corrected chi connectivity index (χ0v) is 52.7. The Kier molecular flexibility index (Phi) is 37.7. The molecular formula is C58H90N8O23S. The number of carbonyl (C=O) groups is 17. The van der Waals surface area contributed by atoms with Gasteiger partial charge < -0.3 is 72.8 Å². The minimum atomic E-state index is -1.71. The summed E-state index contributed by atoms with van der Waals surface area (Å²) in [6, 6.07) is -7.68. The number of carboxylic acid groups (broad SMARTS) is 5. The van der Waals surface area contributed by atoms with Crippen LogP contribution in [-0.2, 0) is 86.2 Å². The molecule has 0 aromatic heterocycles. The van der Waals surface area contributed by atoms with Crippen LogP contribution in [0.3, 0.4) is 0 Å². The molecule has 0 radical (unpaired) electrons. The van der Waals surface area contributed by atoms with Gasteiger partial charge >= 0.3 is 29.8 Å². The highest BCUT2D eigenvalue weighted by Crippen LogP contribution is 2.22. The number of amides is 7. The van der Waals surface area contributed by atoms with Gasteiger partial charge in [0.05, 0.1) is 36.6 Å². The minimum absolute atomic E-state index is 0.0876. The van der Waals surface area contributed by atoms with Gasteiger partial charge in [-0.3, -0.25) is 81.5 Å². The number of aliphatic carboxylic acids is 5. The number of hydrogen-bond acceptors (Lipinski definition) is 20. The average molecular weight is 1300 g/mol. The summed E-state index contributed by atoms with van der Waals surface area (Å²) in [6.07, 6.45) is -5.56. The number of carbonyl (C=O) groups excluding carboxylic acids is 12. The topological polar surface area (TPSA) is 502 Å². The molecule has 1 saturated heterocycles. The van der Waals surface area contributed by atoms with Crippen LogP contribution in [0.15, 0.2) is 0 Å². The highest BCUT2D eigenvalue weighted by Gasteiger charge is 2.38. The molecule has 1 rings (SSSR count). The zero-order valence-electron chi connectivity index (χ0n) is 51.8. The number of ketones is 5. The molecule has 10 atom stereocenters. The quantitative estimate of drug-likeness (QED) is 0.0343. The van der Waals surface area contributed by atoms with Crippen molar-refractivity contribution < 1.29 is 112 Å². The Labute approximate surface area is 525 Å². The standard InChI is InChI=1S/C58H90N8O23S/c1-31(2)23-41(57(87)61-28-37(67)25-36(30-90-6)56(86)62-33(4)44(69)24-32(3)53(83)60-5)65-58(88)42-9-7-21-66(42)47(72)29-89-22-8-10-43(68)39(14-19-51(79)80)63-55(85)35(12-17-49(75)76)27-46(71)40(15-20-52(81)82)64-54(84)34(11-16-48(73)74)26-45(70)38(59)13-18-50(77)78/h31-36,38-42H,7-30,59H2,1-6H3,(H,60,83)(H,61,87)(H,62,86)(H,63,85)(H,64,84)(H,65,88)(H,73,74)(H,75,76)(H,77,78)(H,79,80)(H,81,82)/t32-,33+,34+,35+,36+,38-,39-,40-,41+,42+/m1/s1. The van der Waals surface area contributed by atoms with E-state index >= 15 is 0 Å². The summed E-state index contributed by atoms with van der Waals surface area (Å²) in [4.78, 5) is 218. The maximum absolute atomic E-state index is 13.9. The van der Waals surface area contributed by atoms with Gasteiger partial charge in [-0.05, 0) is 76.9 Å². The van der Waals surface area contributed by atoms with Crippen LogP contribution in [0, 0.1) is 29.6 Å². The fraction of sp³-hybridized carbons (Fsp3) is 0.707. The van der Waals surface area contributed by atoms with Gasteiger partial charge in [-0.25, -0.2) is 0 Å². The normalized spacial score (nSPS) is 15.8. The number of hydrogen-bond donors (Lipinski definition) is 12. The minimum Gasteiger partial charge on any atom is -0.481 e. The number of nitrogens with two attached hydrogens (primary N) is 1. The lowest BCUT2D eigenvalue weighted by Gasteiger charge is -2.27. The van der Waals surface area contributed by atoms with E-state index in [0.717, 1.165) is 0 Å². The third-order valence-corrected chi connectivity index (χ3v) is 15.4.